The number of ether oxygens (including phenoxy) is 1. The Hall–Kier alpha value is -3.02. The zero-order valence-corrected chi connectivity index (χ0v) is 15.1. The lowest BCUT2D eigenvalue weighted by atomic mass is 10.1. The number of nitrogens with one attached hydrogen (secondary N) is 1. The van der Waals surface area contributed by atoms with Crippen molar-refractivity contribution in [2.75, 3.05) is 6.54 Å². The lowest BCUT2D eigenvalue weighted by Gasteiger charge is -2.19. The Morgan fingerprint density at radius 1 is 1.15 bits per heavy atom. The highest BCUT2D eigenvalue weighted by Crippen LogP contribution is 2.23. The third-order valence-corrected chi connectivity index (χ3v) is 3.30. The van der Waals surface area contributed by atoms with Crippen molar-refractivity contribution >= 4 is 18.1 Å². The van der Waals surface area contributed by atoms with Crippen LogP contribution in [-0.4, -0.2) is 29.3 Å². The number of hydrogen-bond donors (Lipinski definition) is 2. The second-order valence-electron chi connectivity index (χ2n) is 6.71. The Labute approximate surface area is 152 Å². The van der Waals surface area contributed by atoms with Gasteiger partial charge in [0.25, 0.3) is 0 Å². The molecule has 0 aliphatic carbocycles. The van der Waals surface area contributed by atoms with Crippen LogP contribution in [0.3, 0.4) is 0 Å². The SMILES string of the molecule is CC(C)(C)OC(=O)NCCC=Cc1ccc(-c2ccc(C(=O)O)o2)cc1. The zero-order valence-electron chi connectivity index (χ0n) is 15.1. The highest BCUT2D eigenvalue weighted by molar-refractivity contribution is 5.85. The second-order valence-corrected chi connectivity index (χ2v) is 6.71. The molecule has 26 heavy (non-hydrogen) atoms. The highest BCUT2D eigenvalue weighted by atomic mass is 16.6. The molecular formula is C20H23NO5. The zero-order chi connectivity index (χ0) is 19.2. The maximum absolute atomic E-state index is 11.5. The van der Waals surface area contributed by atoms with Gasteiger partial charge in [0.15, 0.2) is 0 Å². The Balaban J connectivity index is 1.82. The summed E-state index contributed by atoms with van der Waals surface area (Å²) in [5.74, 6) is -0.656. The topological polar surface area (TPSA) is 88.8 Å². The van der Waals surface area contributed by atoms with Crippen LogP contribution in [0.4, 0.5) is 4.79 Å². The fourth-order valence-electron chi connectivity index (χ4n) is 2.16. The molecule has 0 radical (unpaired) electrons. The smallest absolute Gasteiger partial charge is 0.407 e. The maximum atomic E-state index is 11.5. The van der Waals surface area contributed by atoms with E-state index in [1.165, 1.54) is 6.07 Å². The number of furan rings is 1. The molecule has 2 N–H and O–H groups in total. The van der Waals surface area contributed by atoms with Crippen LogP contribution in [0, 0.1) is 0 Å². The maximum Gasteiger partial charge on any atom is 0.407 e. The van der Waals surface area contributed by atoms with E-state index in [-0.39, 0.29) is 5.76 Å². The molecule has 0 unspecified atom stereocenters. The molecule has 0 saturated heterocycles. The van der Waals surface area contributed by atoms with Crippen molar-refractivity contribution in [3.8, 4) is 11.3 Å². The first-order valence-electron chi connectivity index (χ1n) is 8.31. The van der Waals surface area contributed by atoms with E-state index in [2.05, 4.69) is 5.32 Å². The van der Waals surface area contributed by atoms with Crippen molar-refractivity contribution in [3.05, 3.63) is 53.8 Å². The van der Waals surface area contributed by atoms with E-state index in [9.17, 15) is 9.59 Å². The minimum atomic E-state index is -1.09. The summed E-state index contributed by atoms with van der Waals surface area (Å²) in [5.41, 5.74) is 1.30. The molecule has 0 aliphatic heterocycles. The van der Waals surface area contributed by atoms with Crippen LogP contribution in [0.15, 0.2) is 46.9 Å². The molecule has 0 bridgehead atoms. The summed E-state index contributed by atoms with van der Waals surface area (Å²) in [7, 11) is 0. The Morgan fingerprint density at radius 2 is 1.85 bits per heavy atom. The minimum absolute atomic E-state index is 0.0820. The molecule has 2 aromatic rings. The molecule has 1 amide bonds. The molecule has 0 spiro atoms. The van der Waals surface area contributed by atoms with Gasteiger partial charge in [-0.05, 0) is 44.9 Å². The van der Waals surface area contributed by atoms with Crippen LogP contribution in [-0.2, 0) is 4.74 Å². The van der Waals surface area contributed by atoms with Crippen LogP contribution in [0.1, 0.15) is 43.3 Å². The number of aromatic carboxylic acids is 1. The van der Waals surface area contributed by atoms with Crippen LogP contribution >= 0.6 is 0 Å². The van der Waals surface area contributed by atoms with Crippen molar-refractivity contribution in [2.24, 2.45) is 0 Å². The molecule has 0 atom stereocenters. The van der Waals surface area contributed by atoms with E-state index in [1.54, 1.807) is 6.07 Å². The molecule has 0 fully saturated rings. The average Bonchev–Trinajstić information content (AvgIpc) is 3.04. The summed E-state index contributed by atoms with van der Waals surface area (Å²) in [5, 5.41) is 11.6. The molecular weight excluding hydrogens is 334 g/mol. The van der Waals surface area contributed by atoms with Crippen LogP contribution in [0.25, 0.3) is 17.4 Å². The van der Waals surface area contributed by atoms with Gasteiger partial charge in [-0.3, -0.25) is 0 Å². The van der Waals surface area contributed by atoms with Crippen molar-refractivity contribution in [3.63, 3.8) is 0 Å². The molecule has 2 rings (SSSR count). The number of carbonyl (C=O) groups is 2. The summed E-state index contributed by atoms with van der Waals surface area (Å²) in [6.45, 7) is 5.96. The van der Waals surface area contributed by atoms with Crippen LogP contribution in [0.5, 0.6) is 0 Å². The number of rotatable bonds is 6. The fourth-order valence-corrected chi connectivity index (χ4v) is 2.16. The Morgan fingerprint density at radius 3 is 2.42 bits per heavy atom. The van der Waals surface area contributed by atoms with Gasteiger partial charge in [0.2, 0.25) is 5.76 Å². The molecule has 138 valence electrons. The number of carboxylic acids is 1. The lowest BCUT2D eigenvalue weighted by molar-refractivity contribution is 0.0528. The van der Waals surface area contributed by atoms with E-state index in [0.29, 0.717) is 18.7 Å². The van der Waals surface area contributed by atoms with Crippen molar-refractivity contribution < 1.29 is 23.8 Å². The first kappa shape index (κ1) is 19.3. The van der Waals surface area contributed by atoms with Gasteiger partial charge in [-0.2, -0.15) is 0 Å². The van der Waals surface area contributed by atoms with Gasteiger partial charge in [-0.15, -0.1) is 0 Å². The first-order chi connectivity index (χ1) is 12.2. The van der Waals surface area contributed by atoms with E-state index in [4.69, 9.17) is 14.3 Å². The van der Waals surface area contributed by atoms with E-state index < -0.39 is 17.7 Å². The van der Waals surface area contributed by atoms with Gasteiger partial charge < -0.3 is 19.6 Å². The summed E-state index contributed by atoms with van der Waals surface area (Å²) in [6, 6.07) is 10.6. The van der Waals surface area contributed by atoms with Gasteiger partial charge >= 0.3 is 12.1 Å². The third kappa shape index (κ3) is 6.12. The molecule has 0 saturated carbocycles. The second kappa shape index (κ2) is 8.38. The number of carboxylic acid groups (broad SMARTS) is 1. The predicted molar refractivity (Wildman–Crippen MR) is 99.0 cm³/mol. The third-order valence-electron chi connectivity index (χ3n) is 3.30. The summed E-state index contributed by atoms with van der Waals surface area (Å²) < 4.78 is 10.4. The van der Waals surface area contributed by atoms with Crippen molar-refractivity contribution in [1.29, 1.82) is 0 Å². The van der Waals surface area contributed by atoms with E-state index >= 15 is 0 Å². The largest absolute Gasteiger partial charge is 0.475 e. The lowest BCUT2D eigenvalue weighted by Crippen LogP contribution is -2.32. The van der Waals surface area contributed by atoms with Gasteiger partial charge in [0, 0.05) is 12.1 Å². The van der Waals surface area contributed by atoms with Crippen molar-refractivity contribution in [2.45, 2.75) is 32.8 Å². The summed E-state index contributed by atoms with van der Waals surface area (Å²) in [4.78, 5) is 22.3. The first-order valence-corrected chi connectivity index (χ1v) is 8.31. The monoisotopic (exact) mass is 357 g/mol. The minimum Gasteiger partial charge on any atom is -0.475 e. The summed E-state index contributed by atoms with van der Waals surface area (Å²) >= 11 is 0. The van der Waals surface area contributed by atoms with E-state index in [1.807, 2.05) is 57.2 Å². The number of alkyl carbamates (subject to hydrolysis) is 1. The molecule has 6 nitrogen and oxygen atoms in total. The van der Waals surface area contributed by atoms with Gasteiger partial charge in [-0.25, -0.2) is 9.59 Å². The molecule has 1 aromatic heterocycles. The molecule has 0 aliphatic rings. The van der Waals surface area contributed by atoms with Gasteiger partial charge in [0.1, 0.15) is 11.4 Å². The number of hydrogen-bond acceptors (Lipinski definition) is 4. The number of carbonyl (C=O) groups excluding carboxylic acids is 1. The Kier molecular flexibility index (Phi) is 6.22. The molecule has 6 heteroatoms. The quantitative estimate of drug-likeness (QED) is 0.739. The summed E-state index contributed by atoms with van der Waals surface area (Å²) in [6.07, 6.45) is 4.17. The fraction of sp³-hybridized carbons (Fsp3) is 0.300. The van der Waals surface area contributed by atoms with Crippen molar-refractivity contribution in [1.82, 2.24) is 5.32 Å². The number of benzene rings is 1. The highest BCUT2D eigenvalue weighted by Gasteiger charge is 2.15. The molecule has 1 aromatic carbocycles. The number of amides is 1. The van der Waals surface area contributed by atoms with Gasteiger partial charge in [-0.1, -0.05) is 36.4 Å². The average molecular weight is 357 g/mol. The normalized spacial score (nSPS) is 11.5. The standard InChI is InChI=1S/C20H23NO5/c1-20(2,3)26-19(24)21-13-5-4-6-14-7-9-15(10-8-14)16-11-12-17(25-16)18(22)23/h4,6-12H,5,13H2,1-3H3,(H,21,24)(H,22,23). The van der Waals surface area contributed by atoms with Gasteiger partial charge in [0.05, 0.1) is 0 Å². The van der Waals surface area contributed by atoms with Crippen LogP contribution < -0.4 is 5.32 Å². The van der Waals surface area contributed by atoms with E-state index in [0.717, 1.165) is 11.1 Å². The molecule has 1 heterocycles. The predicted octanol–water partition coefficient (Wildman–Crippen LogP) is 4.57. The Bertz CT molecular complexity index is 781. The van der Waals surface area contributed by atoms with Crippen LogP contribution in [0.2, 0.25) is 0 Å².